The van der Waals surface area contributed by atoms with Gasteiger partial charge in [-0.05, 0) is 24.1 Å². The Morgan fingerprint density at radius 2 is 2.00 bits per heavy atom. The molecule has 0 aliphatic rings. The topological polar surface area (TPSA) is 55.2 Å². The van der Waals surface area contributed by atoms with E-state index in [0.29, 0.717) is 6.54 Å². The Balaban J connectivity index is 1.96. The maximum Gasteiger partial charge on any atom is 0.270 e. The van der Waals surface area contributed by atoms with E-state index in [2.05, 4.69) is 46.4 Å². The summed E-state index contributed by atoms with van der Waals surface area (Å²) in [6, 6.07) is 13.1. The van der Waals surface area contributed by atoms with Crippen molar-refractivity contribution in [1.29, 1.82) is 0 Å². The number of hydrogen-bond donors (Lipinski definition) is 1. The Hall–Kier alpha value is -1.72. The largest absolute Gasteiger partial charge is 0.309 e. The van der Waals surface area contributed by atoms with Crippen LogP contribution < -0.4 is 5.32 Å². The molecule has 4 nitrogen and oxygen atoms in total. The summed E-state index contributed by atoms with van der Waals surface area (Å²) in [5.74, 6) is 0. The molecule has 0 aliphatic carbocycles. The van der Waals surface area contributed by atoms with Crippen molar-refractivity contribution in [3.8, 4) is 0 Å². The highest BCUT2D eigenvalue weighted by Gasteiger charge is 2.08. The second-order valence-electron chi connectivity index (χ2n) is 4.63. The van der Waals surface area contributed by atoms with E-state index in [1.54, 1.807) is 6.07 Å². The lowest BCUT2D eigenvalue weighted by Crippen LogP contribution is -2.13. The van der Waals surface area contributed by atoms with E-state index in [4.69, 9.17) is 0 Å². The minimum absolute atomic E-state index is 0.0966. The number of nitro benzene ring substituents is 1. The maximum absolute atomic E-state index is 10.7. The standard InChI is InChI=1S/C15H15BrN2O2/c1-11-3-2-4-12(7-11)9-17-10-13-5-6-14(18(19)20)8-15(13)16/h2-8,17H,9-10H2,1H3. The van der Waals surface area contributed by atoms with Crippen LogP contribution in [-0.4, -0.2) is 4.92 Å². The zero-order valence-corrected chi connectivity index (χ0v) is 12.7. The summed E-state index contributed by atoms with van der Waals surface area (Å²) in [5.41, 5.74) is 3.56. The summed E-state index contributed by atoms with van der Waals surface area (Å²) in [7, 11) is 0. The molecule has 0 amide bonds. The van der Waals surface area contributed by atoms with Crippen LogP contribution in [-0.2, 0) is 13.1 Å². The number of non-ortho nitro benzene ring substituents is 1. The van der Waals surface area contributed by atoms with E-state index in [1.165, 1.54) is 23.3 Å². The molecule has 0 saturated heterocycles. The molecule has 0 saturated carbocycles. The van der Waals surface area contributed by atoms with Crippen molar-refractivity contribution < 1.29 is 4.92 Å². The zero-order chi connectivity index (χ0) is 14.5. The van der Waals surface area contributed by atoms with Crippen molar-refractivity contribution in [3.63, 3.8) is 0 Å². The molecule has 2 aromatic carbocycles. The molecular formula is C15H15BrN2O2. The third-order valence-electron chi connectivity index (χ3n) is 2.97. The number of hydrogen-bond acceptors (Lipinski definition) is 3. The van der Waals surface area contributed by atoms with Gasteiger partial charge in [0, 0.05) is 29.7 Å². The van der Waals surface area contributed by atoms with Gasteiger partial charge < -0.3 is 5.32 Å². The van der Waals surface area contributed by atoms with Gasteiger partial charge in [-0.25, -0.2) is 0 Å². The zero-order valence-electron chi connectivity index (χ0n) is 11.1. The molecule has 104 valence electrons. The number of nitrogens with one attached hydrogen (secondary N) is 1. The van der Waals surface area contributed by atoms with E-state index in [1.807, 2.05) is 6.07 Å². The number of aryl methyl sites for hydroxylation is 1. The van der Waals surface area contributed by atoms with E-state index in [-0.39, 0.29) is 5.69 Å². The molecule has 0 aromatic heterocycles. The van der Waals surface area contributed by atoms with Gasteiger partial charge in [-0.1, -0.05) is 45.8 Å². The SMILES string of the molecule is Cc1cccc(CNCc2ccc([N+](=O)[O-])cc2Br)c1. The van der Waals surface area contributed by atoms with E-state index in [0.717, 1.165) is 16.6 Å². The number of rotatable bonds is 5. The second kappa shape index (κ2) is 6.63. The molecule has 0 unspecified atom stereocenters. The molecule has 0 radical (unpaired) electrons. The van der Waals surface area contributed by atoms with E-state index >= 15 is 0 Å². The highest BCUT2D eigenvalue weighted by atomic mass is 79.9. The van der Waals surface area contributed by atoms with Crippen molar-refractivity contribution >= 4 is 21.6 Å². The van der Waals surface area contributed by atoms with Gasteiger partial charge in [0.1, 0.15) is 0 Å². The van der Waals surface area contributed by atoms with Crippen molar-refractivity contribution in [3.05, 3.63) is 73.7 Å². The fourth-order valence-corrected chi connectivity index (χ4v) is 2.46. The quantitative estimate of drug-likeness (QED) is 0.665. The first-order chi connectivity index (χ1) is 9.56. The van der Waals surface area contributed by atoms with Crippen molar-refractivity contribution in [1.82, 2.24) is 5.32 Å². The minimum Gasteiger partial charge on any atom is -0.309 e. The fraction of sp³-hybridized carbons (Fsp3) is 0.200. The third-order valence-corrected chi connectivity index (χ3v) is 3.71. The first kappa shape index (κ1) is 14.7. The Bertz CT molecular complexity index is 629. The number of nitrogens with zero attached hydrogens (tertiary/aromatic N) is 1. The van der Waals surface area contributed by atoms with Crippen LogP contribution in [0.2, 0.25) is 0 Å². The van der Waals surface area contributed by atoms with Gasteiger partial charge in [-0.3, -0.25) is 10.1 Å². The normalized spacial score (nSPS) is 10.5. The highest BCUT2D eigenvalue weighted by molar-refractivity contribution is 9.10. The summed E-state index contributed by atoms with van der Waals surface area (Å²) < 4.78 is 0.753. The summed E-state index contributed by atoms with van der Waals surface area (Å²) in [6.45, 7) is 3.49. The van der Waals surface area contributed by atoms with Crippen LogP contribution in [0.25, 0.3) is 0 Å². The van der Waals surface area contributed by atoms with Crippen LogP contribution >= 0.6 is 15.9 Å². The Labute approximate surface area is 126 Å². The first-order valence-corrected chi connectivity index (χ1v) is 7.04. The summed E-state index contributed by atoms with van der Waals surface area (Å²) in [4.78, 5) is 10.3. The minimum atomic E-state index is -0.394. The molecular weight excluding hydrogens is 320 g/mol. The van der Waals surface area contributed by atoms with Gasteiger partial charge in [-0.2, -0.15) is 0 Å². The van der Waals surface area contributed by atoms with Gasteiger partial charge in [0.05, 0.1) is 4.92 Å². The Morgan fingerprint density at radius 3 is 2.65 bits per heavy atom. The molecule has 20 heavy (non-hydrogen) atoms. The van der Waals surface area contributed by atoms with E-state index in [9.17, 15) is 10.1 Å². The predicted molar refractivity (Wildman–Crippen MR) is 82.5 cm³/mol. The number of benzene rings is 2. The molecule has 5 heteroatoms. The van der Waals surface area contributed by atoms with Crippen LogP contribution in [0, 0.1) is 17.0 Å². The van der Waals surface area contributed by atoms with Crippen LogP contribution in [0.3, 0.4) is 0 Å². The average molecular weight is 335 g/mol. The Morgan fingerprint density at radius 1 is 1.20 bits per heavy atom. The van der Waals surface area contributed by atoms with Crippen LogP contribution in [0.4, 0.5) is 5.69 Å². The monoisotopic (exact) mass is 334 g/mol. The van der Waals surface area contributed by atoms with Crippen molar-refractivity contribution in [2.24, 2.45) is 0 Å². The molecule has 0 bridgehead atoms. The summed E-state index contributed by atoms with van der Waals surface area (Å²) in [6.07, 6.45) is 0. The fourth-order valence-electron chi connectivity index (χ4n) is 1.96. The van der Waals surface area contributed by atoms with Gasteiger partial charge in [0.15, 0.2) is 0 Å². The van der Waals surface area contributed by atoms with Gasteiger partial charge in [0.25, 0.3) is 5.69 Å². The predicted octanol–water partition coefficient (Wildman–Crippen LogP) is 3.96. The van der Waals surface area contributed by atoms with Gasteiger partial charge in [-0.15, -0.1) is 0 Å². The molecule has 0 atom stereocenters. The first-order valence-electron chi connectivity index (χ1n) is 6.25. The van der Waals surface area contributed by atoms with E-state index < -0.39 is 4.92 Å². The average Bonchev–Trinajstić information content (AvgIpc) is 2.40. The summed E-state index contributed by atoms with van der Waals surface area (Å²) in [5, 5.41) is 14.0. The third kappa shape index (κ3) is 3.88. The van der Waals surface area contributed by atoms with Crippen LogP contribution in [0.15, 0.2) is 46.9 Å². The van der Waals surface area contributed by atoms with Gasteiger partial charge in [0.2, 0.25) is 0 Å². The molecule has 2 aromatic rings. The lowest BCUT2D eigenvalue weighted by Gasteiger charge is -2.07. The highest BCUT2D eigenvalue weighted by Crippen LogP contribution is 2.22. The smallest absolute Gasteiger partial charge is 0.270 e. The molecule has 0 aliphatic heterocycles. The summed E-state index contributed by atoms with van der Waals surface area (Å²) >= 11 is 3.37. The van der Waals surface area contributed by atoms with Gasteiger partial charge >= 0.3 is 0 Å². The molecule has 2 rings (SSSR count). The lowest BCUT2D eigenvalue weighted by atomic mass is 10.1. The van der Waals surface area contributed by atoms with Crippen LogP contribution in [0.5, 0.6) is 0 Å². The molecule has 1 N–H and O–H groups in total. The van der Waals surface area contributed by atoms with Crippen LogP contribution in [0.1, 0.15) is 16.7 Å². The molecule has 0 spiro atoms. The molecule has 0 heterocycles. The Kier molecular flexibility index (Phi) is 4.87. The number of halogens is 1. The maximum atomic E-state index is 10.7. The lowest BCUT2D eigenvalue weighted by molar-refractivity contribution is -0.384. The second-order valence-corrected chi connectivity index (χ2v) is 5.48. The number of nitro groups is 1. The van der Waals surface area contributed by atoms with Crippen molar-refractivity contribution in [2.75, 3.05) is 0 Å². The van der Waals surface area contributed by atoms with Crippen molar-refractivity contribution in [2.45, 2.75) is 20.0 Å². The molecule has 0 fully saturated rings.